The summed E-state index contributed by atoms with van der Waals surface area (Å²) in [5, 5.41) is 12.5. The smallest absolute Gasteiger partial charge is 0.115 e. The van der Waals surface area contributed by atoms with Crippen molar-refractivity contribution in [3.63, 3.8) is 0 Å². The second kappa shape index (κ2) is 5.37. The number of phenols is 1. The van der Waals surface area contributed by atoms with Crippen molar-refractivity contribution in [2.45, 2.75) is 13.0 Å². The van der Waals surface area contributed by atoms with Crippen molar-refractivity contribution in [1.29, 1.82) is 0 Å². The molecule has 0 saturated heterocycles. The molecule has 0 fully saturated rings. The summed E-state index contributed by atoms with van der Waals surface area (Å²) in [7, 11) is 0. The van der Waals surface area contributed by atoms with Gasteiger partial charge in [-0.15, -0.1) is 0 Å². The number of rotatable bonds is 5. The summed E-state index contributed by atoms with van der Waals surface area (Å²) in [4.78, 5) is 3.15. The molecule has 1 aromatic heterocycles. The van der Waals surface area contributed by atoms with E-state index in [4.69, 9.17) is 5.11 Å². The van der Waals surface area contributed by atoms with Crippen LogP contribution in [-0.4, -0.2) is 16.6 Å². The van der Waals surface area contributed by atoms with Crippen LogP contribution in [0.25, 0.3) is 0 Å². The number of aromatic hydroxyl groups is 1. The first-order chi connectivity index (χ1) is 7.84. The summed E-state index contributed by atoms with van der Waals surface area (Å²) in [6.07, 6.45) is 2.90. The Bertz CT molecular complexity index is 406. The first-order valence-corrected chi connectivity index (χ1v) is 5.45. The molecular weight excluding hydrogens is 200 g/mol. The normalized spacial score (nSPS) is 10.5. The fraction of sp³-hybridized carbons (Fsp3) is 0.231. The van der Waals surface area contributed by atoms with E-state index in [1.165, 1.54) is 11.3 Å². The minimum Gasteiger partial charge on any atom is -0.508 e. The van der Waals surface area contributed by atoms with Crippen LogP contribution >= 0.6 is 0 Å². The van der Waals surface area contributed by atoms with Crippen molar-refractivity contribution in [2.24, 2.45) is 0 Å². The lowest BCUT2D eigenvalue weighted by Gasteiger charge is -2.03. The van der Waals surface area contributed by atoms with Gasteiger partial charge in [-0.05, 0) is 42.8 Å². The molecule has 0 bridgehead atoms. The Morgan fingerprint density at radius 3 is 2.62 bits per heavy atom. The zero-order chi connectivity index (χ0) is 11.2. The van der Waals surface area contributed by atoms with E-state index in [0.717, 1.165) is 19.5 Å². The van der Waals surface area contributed by atoms with Gasteiger partial charge in [0.2, 0.25) is 0 Å². The lowest BCUT2D eigenvalue weighted by molar-refractivity contribution is 0.475. The summed E-state index contributed by atoms with van der Waals surface area (Å²) in [6.45, 7) is 1.80. The lowest BCUT2D eigenvalue weighted by atomic mass is 10.1. The largest absolute Gasteiger partial charge is 0.508 e. The molecule has 1 heterocycles. The second-order valence-electron chi connectivity index (χ2n) is 3.79. The van der Waals surface area contributed by atoms with E-state index in [1.807, 2.05) is 24.4 Å². The standard InChI is InChI=1S/C13H16N2O/c16-13-5-3-11(4-6-13)7-9-14-10-12-2-1-8-15-12/h1-6,8,14-16H,7,9-10H2. The quantitative estimate of drug-likeness (QED) is 0.670. The Morgan fingerprint density at radius 2 is 1.94 bits per heavy atom. The van der Waals surface area contributed by atoms with E-state index in [9.17, 15) is 0 Å². The van der Waals surface area contributed by atoms with Gasteiger partial charge in [0.25, 0.3) is 0 Å². The number of hydrogen-bond acceptors (Lipinski definition) is 2. The van der Waals surface area contributed by atoms with Gasteiger partial charge in [-0.1, -0.05) is 12.1 Å². The van der Waals surface area contributed by atoms with Crippen molar-refractivity contribution < 1.29 is 5.11 Å². The van der Waals surface area contributed by atoms with Crippen LogP contribution in [0.15, 0.2) is 42.6 Å². The zero-order valence-electron chi connectivity index (χ0n) is 9.11. The van der Waals surface area contributed by atoms with Gasteiger partial charge in [-0.2, -0.15) is 0 Å². The van der Waals surface area contributed by atoms with Gasteiger partial charge in [0.15, 0.2) is 0 Å². The Morgan fingerprint density at radius 1 is 1.12 bits per heavy atom. The maximum atomic E-state index is 9.13. The predicted octanol–water partition coefficient (Wildman–Crippen LogP) is 2.05. The number of phenolic OH excluding ortho intramolecular Hbond substituents is 1. The average molecular weight is 216 g/mol. The number of aromatic amines is 1. The predicted molar refractivity (Wildman–Crippen MR) is 64.3 cm³/mol. The number of aromatic nitrogens is 1. The fourth-order valence-corrected chi connectivity index (χ4v) is 1.60. The summed E-state index contributed by atoms with van der Waals surface area (Å²) >= 11 is 0. The molecule has 16 heavy (non-hydrogen) atoms. The molecule has 3 N–H and O–H groups in total. The van der Waals surface area contributed by atoms with Gasteiger partial charge < -0.3 is 15.4 Å². The highest BCUT2D eigenvalue weighted by Gasteiger charge is 1.94. The Hall–Kier alpha value is -1.74. The number of hydrogen-bond donors (Lipinski definition) is 3. The van der Waals surface area contributed by atoms with Crippen LogP contribution in [0.3, 0.4) is 0 Å². The topological polar surface area (TPSA) is 48.0 Å². The summed E-state index contributed by atoms with van der Waals surface area (Å²) in [5.74, 6) is 0.322. The monoisotopic (exact) mass is 216 g/mol. The van der Waals surface area contributed by atoms with Gasteiger partial charge in [-0.25, -0.2) is 0 Å². The molecular formula is C13H16N2O. The maximum absolute atomic E-state index is 9.13. The molecule has 0 aliphatic heterocycles. The molecule has 1 aromatic carbocycles. The summed E-state index contributed by atoms with van der Waals surface area (Å²) in [5.41, 5.74) is 2.43. The zero-order valence-corrected chi connectivity index (χ0v) is 9.11. The van der Waals surface area contributed by atoms with Crippen molar-refractivity contribution in [2.75, 3.05) is 6.54 Å². The van der Waals surface area contributed by atoms with E-state index >= 15 is 0 Å². The summed E-state index contributed by atoms with van der Waals surface area (Å²) in [6, 6.07) is 11.4. The molecule has 0 aliphatic carbocycles. The molecule has 2 aromatic rings. The summed E-state index contributed by atoms with van der Waals surface area (Å²) < 4.78 is 0. The van der Waals surface area contributed by atoms with E-state index in [2.05, 4.69) is 16.4 Å². The van der Waals surface area contributed by atoms with Crippen LogP contribution in [0, 0.1) is 0 Å². The van der Waals surface area contributed by atoms with Crippen molar-refractivity contribution >= 4 is 0 Å². The van der Waals surface area contributed by atoms with E-state index in [1.54, 1.807) is 12.1 Å². The maximum Gasteiger partial charge on any atom is 0.115 e. The Labute approximate surface area is 95.1 Å². The number of nitrogens with one attached hydrogen (secondary N) is 2. The molecule has 0 amide bonds. The molecule has 0 saturated carbocycles. The van der Waals surface area contributed by atoms with Gasteiger partial charge in [0.05, 0.1) is 0 Å². The first kappa shape index (κ1) is 10.8. The molecule has 0 aliphatic rings. The molecule has 0 unspecified atom stereocenters. The van der Waals surface area contributed by atoms with Crippen LogP contribution in [0.2, 0.25) is 0 Å². The molecule has 0 radical (unpaired) electrons. The minimum absolute atomic E-state index is 0.322. The van der Waals surface area contributed by atoms with Gasteiger partial charge in [-0.3, -0.25) is 0 Å². The highest BCUT2D eigenvalue weighted by molar-refractivity contribution is 5.25. The van der Waals surface area contributed by atoms with Crippen LogP contribution in [-0.2, 0) is 13.0 Å². The molecule has 0 atom stereocenters. The highest BCUT2D eigenvalue weighted by Crippen LogP contribution is 2.09. The van der Waals surface area contributed by atoms with Crippen molar-refractivity contribution in [3.8, 4) is 5.75 Å². The highest BCUT2D eigenvalue weighted by atomic mass is 16.3. The minimum atomic E-state index is 0.322. The van der Waals surface area contributed by atoms with Crippen molar-refractivity contribution in [3.05, 3.63) is 53.9 Å². The third-order valence-electron chi connectivity index (χ3n) is 2.50. The SMILES string of the molecule is Oc1ccc(CCNCc2ccc[nH]2)cc1. The molecule has 3 nitrogen and oxygen atoms in total. The van der Waals surface area contributed by atoms with E-state index in [-0.39, 0.29) is 0 Å². The Balaban J connectivity index is 1.70. The molecule has 2 rings (SSSR count). The average Bonchev–Trinajstić information content (AvgIpc) is 2.80. The number of benzene rings is 1. The van der Waals surface area contributed by atoms with E-state index < -0.39 is 0 Å². The van der Waals surface area contributed by atoms with Gasteiger partial charge >= 0.3 is 0 Å². The second-order valence-corrected chi connectivity index (χ2v) is 3.79. The molecule has 0 spiro atoms. The fourth-order valence-electron chi connectivity index (χ4n) is 1.60. The van der Waals surface area contributed by atoms with Crippen LogP contribution < -0.4 is 5.32 Å². The Kier molecular flexibility index (Phi) is 3.62. The van der Waals surface area contributed by atoms with Crippen LogP contribution in [0.5, 0.6) is 5.75 Å². The van der Waals surface area contributed by atoms with Crippen LogP contribution in [0.1, 0.15) is 11.3 Å². The van der Waals surface area contributed by atoms with Gasteiger partial charge in [0, 0.05) is 18.4 Å². The van der Waals surface area contributed by atoms with Crippen LogP contribution in [0.4, 0.5) is 0 Å². The molecule has 3 heteroatoms. The van der Waals surface area contributed by atoms with E-state index in [0.29, 0.717) is 5.75 Å². The third-order valence-corrected chi connectivity index (χ3v) is 2.50. The lowest BCUT2D eigenvalue weighted by Crippen LogP contribution is -2.16. The van der Waals surface area contributed by atoms with Crippen molar-refractivity contribution in [1.82, 2.24) is 10.3 Å². The first-order valence-electron chi connectivity index (χ1n) is 5.45. The number of H-pyrrole nitrogens is 1. The van der Waals surface area contributed by atoms with Gasteiger partial charge in [0.1, 0.15) is 5.75 Å². The molecule has 84 valence electrons. The third kappa shape index (κ3) is 3.14.